The monoisotopic (exact) mass is 231 g/mol. The Labute approximate surface area is 98.7 Å². The summed E-state index contributed by atoms with van der Waals surface area (Å²) in [5.41, 5.74) is 3.21. The molecule has 3 heteroatoms. The van der Waals surface area contributed by atoms with Gasteiger partial charge in [0.1, 0.15) is 0 Å². The molecule has 1 aromatic heterocycles. The molecule has 82 valence electrons. The minimum Gasteiger partial charge on any atom is -0.361 e. The van der Waals surface area contributed by atoms with Crippen LogP contribution in [0.25, 0.3) is 11.3 Å². The fraction of sp³-hybridized carbons (Fsp3) is 0.154. The lowest BCUT2D eigenvalue weighted by Crippen LogP contribution is -1.98. The summed E-state index contributed by atoms with van der Waals surface area (Å²) in [4.78, 5) is 15.6. The number of aromatic amines is 1. The molecule has 0 bridgehead atoms. The van der Waals surface area contributed by atoms with Gasteiger partial charge in [0.2, 0.25) is 0 Å². The number of H-pyrrole nitrogens is 1. The summed E-state index contributed by atoms with van der Waals surface area (Å²) in [6.45, 7) is 2.07. The van der Waals surface area contributed by atoms with E-state index in [4.69, 9.17) is 0 Å². The van der Waals surface area contributed by atoms with Gasteiger partial charge in [0, 0.05) is 28.8 Å². The van der Waals surface area contributed by atoms with Crippen molar-refractivity contribution in [3.05, 3.63) is 52.3 Å². The normalized spacial score (nSPS) is 10.4. The van der Waals surface area contributed by atoms with Gasteiger partial charge in [0.25, 0.3) is 0 Å². The van der Waals surface area contributed by atoms with Crippen molar-refractivity contribution in [1.82, 2.24) is 4.98 Å². The van der Waals surface area contributed by atoms with Crippen molar-refractivity contribution in [1.29, 1.82) is 0 Å². The Bertz CT molecular complexity index is 560. The molecule has 2 rings (SSSR count). The zero-order valence-electron chi connectivity index (χ0n) is 9.28. The molecule has 0 saturated heterocycles. The number of aromatic nitrogens is 1. The van der Waals surface area contributed by atoms with Crippen molar-refractivity contribution in [2.75, 3.05) is 6.26 Å². The highest BCUT2D eigenvalue weighted by Gasteiger charge is 2.05. The molecular weight excluding hydrogens is 218 g/mol. The van der Waals surface area contributed by atoms with Gasteiger partial charge in [-0.05, 0) is 24.8 Å². The maximum Gasteiger partial charge on any atom is 0.182 e. The number of rotatable bonds is 2. The molecule has 0 aliphatic rings. The molecule has 0 fully saturated rings. The van der Waals surface area contributed by atoms with Crippen LogP contribution in [0.15, 0.2) is 46.2 Å². The second kappa shape index (κ2) is 4.58. The van der Waals surface area contributed by atoms with Gasteiger partial charge in [0.15, 0.2) is 5.43 Å². The van der Waals surface area contributed by atoms with E-state index in [1.807, 2.05) is 12.3 Å². The van der Waals surface area contributed by atoms with E-state index in [0.717, 1.165) is 11.3 Å². The molecule has 0 aliphatic carbocycles. The minimum atomic E-state index is 0.0291. The highest BCUT2D eigenvalue weighted by Crippen LogP contribution is 2.28. The molecule has 0 radical (unpaired) electrons. The van der Waals surface area contributed by atoms with Crippen molar-refractivity contribution < 1.29 is 0 Å². The summed E-state index contributed by atoms with van der Waals surface area (Å²) in [5, 5.41) is 0. The van der Waals surface area contributed by atoms with Gasteiger partial charge in [-0.25, -0.2) is 0 Å². The summed E-state index contributed by atoms with van der Waals surface area (Å²) in [6, 6.07) is 9.39. The van der Waals surface area contributed by atoms with Crippen LogP contribution in [-0.2, 0) is 0 Å². The number of nitrogens with one attached hydrogen (secondary N) is 1. The number of aryl methyl sites for hydroxylation is 1. The molecule has 2 nitrogen and oxygen atoms in total. The van der Waals surface area contributed by atoms with Crippen LogP contribution in [0.5, 0.6) is 0 Å². The molecule has 1 N–H and O–H groups in total. The predicted octanol–water partition coefficient (Wildman–Crippen LogP) is 3.07. The first-order valence-electron chi connectivity index (χ1n) is 5.04. The Morgan fingerprint density at radius 2 is 2.00 bits per heavy atom. The number of thioether (sulfide) groups is 1. The van der Waals surface area contributed by atoms with Crippen LogP contribution in [-0.4, -0.2) is 11.2 Å². The first kappa shape index (κ1) is 11.0. The smallest absolute Gasteiger partial charge is 0.182 e. The van der Waals surface area contributed by atoms with Crippen LogP contribution in [0.3, 0.4) is 0 Å². The van der Waals surface area contributed by atoms with E-state index in [9.17, 15) is 4.79 Å². The molecular formula is C13H13NOS. The quantitative estimate of drug-likeness (QED) is 0.806. The maximum absolute atomic E-state index is 11.3. The molecule has 0 amide bonds. The van der Waals surface area contributed by atoms with Gasteiger partial charge < -0.3 is 4.98 Å². The van der Waals surface area contributed by atoms with Crippen molar-refractivity contribution in [2.24, 2.45) is 0 Å². The van der Waals surface area contributed by atoms with Crippen molar-refractivity contribution in [3.63, 3.8) is 0 Å². The van der Waals surface area contributed by atoms with Crippen molar-refractivity contribution in [3.8, 4) is 11.3 Å². The Balaban J connectivity index is 2.59. The zero-order valence-corrected chi connectivity index (χ0v) is 10.1. The SMILES string of the molecule is CSc1cc(C)ccc1-c1cc(=O)cc[nH]1. The van der Waals surface area contributed by atoms with Gasteiger partial charge in [-0.3, -0.25) is 4.79 Å². The summed E-state index contributed by atoms with van der Waals surface area (Å²) >= 11 is 1.69. The fourth-order valence-corrected chi connectivity index (χ4v) is 2.32. The molecule has 1 aromatic carbocycles. The molecule has 16 heavy (non-hydrogen) atoms. The van der Waals surface area contributed by atoms with Gasteiger partial charge in [-0.2, -0.15) is 0 Å². The van der Waals surface area contributed by atoms with Crippen LogP contribution < -0.4 is 5.43 Å². The van der Waals surface area contributed by atoms with Crippen molar-refractivity contribution >= 4 is 11.8 Å². The first-order chi connectivity index (χ1) is 7.70. The summed E-state index contributed by atoms with van der Waals surface area (Å²) in [6.07, 6.45) is 3.72. The standard InChI is InChI=1S/C13H13NOS/c1-9-3-4-11(13(7-9)16-2)12-8-10(15)5-6-14-12/h3-8H,1-2H3,(H,14,15). The van der Waals surface area contributed by atoms with E-state index in [0.29, 0.717) is 0 Å². The lowest BCUT2D eigenvalue weighted by atomic mass is 10.1. The van der Waals surface area contributed by atoms with Gasteiger partial charge >= 0.3 is 0 Å². The van der Waals surface area contributed by atoms with E-state index in [2.05, 4.69) is 24.0 Å². The van der Waals surface area contributed by atoms with E-state index in [1.165, 1.54) is 16.5 Å². The predicted molar refractivity (Wildman–Crippen MR) is 69.0 cm³/mol. The molecule has 0 unspecified atom stereocenters. The third kappa shape index (κ3) is 2.19. The topological polar surface area (TPSA) is 32.9 Å². The molecule has 2 aromatic rings. The van der Waals surface area contributed by atoms with E-state index in [1.54, 1.807) is 24.0 Å². The highest BCUT2D eigenvalue weighted by atomic mass is 32.2. The largest absolute Gasteiger partial charge is 0.361 e. The lowest BCUT2D eigenvalue weighted by molar-refractivity contribution is 1.26. The van der Waals surface area contributed by atoms with Crippen LogP contribution >= 0.6 is 11.8 Å². The number of hydrogen-bond acceptors (Lipinski definition) is 2. The Kier molecular flexibility index (Phi) is 3.15. The van der Waals surface area contributed by atoms with Crippen LogP contribution in [0.4, 0.5) is 0 Å². The number of hydrogen-bond donors (Lipinski definition) is 1. The molecule has 0 atom stereocenters. The summed E-state index contributed by atoms with van der Waals surface area (Å²) < 4.78 is 0. The minimum absolute atomic E-state index is 0.0291. The van der Waals surface area contributed by atoms with E-state index in [-0.39, 0.29) is 5.43 Å². The summed E-state index contributed by atoms with van der Waals surface area (Å²) in [7, 11) is 0. The third-order valence-corrected chi connectivity index (χ3v) is 3.20. The zero-order chi connectivity index (χ0) is 11.5. The Morgan fingerprint density at radius 3 is 2.69 bits per heavy atom. The van der Waals surface area contributed by atoms with Crippen LogP contribution in [0.1, 0.15) is 5.56 Å². The van der Waals surface area contributed by atoms with Crippen LogP contribution in [0.2, 0.25) is 0 Å². The summed E-state index contributed by atoms with van der Waals surface area (Å²) in [5.74, 6) is 0. The Hall–Kier alpha value is -1.48. The van der Waals surface area contributed by atoms with Crippen molar-refractivity contribution in [2.45, 2.75) is 11.8 Å². The number of pyridine rings is 1. The van der Waals surface area contributed by atoms with Crippen LogP contribution in [0, 0.1) is 6.92 Å². The molecule has 0 spiro atoms. The highest BCUT2D eigenvalue weighted by molar-refractivity contribution is 7.98. The Morgan fingerprint density at radius 1 is 1.19 bits per heavy atom. The number of benzene rings is 1. The fourth-order valence-electron chi connectivity index (χ4n) is 1.62. The average Bonchev–Trinajstić information content (AvgIpc) is 2.28. The van der Waals surface area contributed by atoms with Gasteiger partial charge in [-0.15, -0.1) is 11.8 Å². The average molecular weight is 231 g/mol. The molecule has 0 saturated carbocycles. The second-order valence-corrected chi connectivity index (χ2v) is 4.49. The molecule has 0 aliphatic heterocycles. The van der Waals surface area contributed by atoms with E-state index >= 15 is 0 Å². The first-order valence-corrected chi connectivity index (χ1v) is 6.27. The molecule has 1 heterocycles. The maximum atomic E-state index is 11.3. The third-order valence-electron chi connectivity index (χ3n) is 2.42. The lowest BCUT2D eigenvalue weighted by Gasteiger charge is -2.08. The van der Waals surface area contributed by atoms with E-state index < -0.39 is 0 Å². The van der Waals surface area contributed by atoms with Gasteiger partial charge in [-0.1, -0.05) is 12.1 Å². The van der Waals surface area contributed by atoms with Gasteiger partial charge in [0.05, 0.1) is 5.69 Å². The second-order valence-electron chi connectivity index (χ2n) is 3.64.